The minimum Gasteiger partial charge on any atom is -0.504 e. The maximum atomic E-state index is 11.5. The van der Waals surface area contributed by atoms with Gasteiger partial charge in [-0.2, -0.15) is 0 Å². The quantitative estimate of drug-likeness (QED) is 0.0665. The fourth-order valence-corrected chi connectivity index (χ4v) is 8.11. The van der Waals surface area contributed by atoms with Gasteiger partial charge in [-0.15, -0.1) is 0 Å². The van der Waals surface area contributed by atoms with Crippen molar-refractivity contribution >= 4 is 11.8 Å². The summed E-state index contributed by atoms with van der Waals surface area (Å²) in [6.45, 7) is 3.51. The number of hydrogen-bond acceptors (Lipinski definition) is 12. The number of amides is 2. The third-order valence-corrected chi connectivity index (χ3v) is 11.8. The number of carbonyl (C=O) groups is 2. The molecule has 0 aliphatic carbocycles. The van der Waals surface area contributed by atoms with E-state index in [1.807, 2.05) is 152 Å². The Morgan fingerprint density at radius 2 is 0.819 bits per heavy atom. The van der Waals surface area contributed by atoms with Crippen molar-refractivity contribution in [3.63, 3.8) is 0 Å². The van der Waals surface area contributed by atoms with E-state index in [9.17, 15) is 19.8 Å². The molecule has 14 heteroatoms. The molecule has 2 amide bonds. The molecule has 3 aliphatic heterocycles. The number of hydrogen-bond donors (Lipinski definition) is 5. The average Bonchev–Trinajstić information content (AvgIpc) is 3.44. The Balaban J connectivity index is 0.000000147. The Labute approximate surface area is 419 Å². The minimum atomic E-state index is -0.421. The number of morpholine rings is 3. The maximum Gasteiger partial charge on any atom is 0.246 e. The highest BCUT2D eigenvalue weighted by Crippen LogP contribution is 2.36. The zero-order valence-corrected chi connectivity index (χ0v) is 39.7. The van der Waals surface area contributed by atoms with Crippen LogP contribution in [0.3, 0.4) is 0 Å². The standard InChI is InChI=1S/C24H23NO4.C17H17NO4.C17H19NO3/c26-23-17-28-22(15-25-23)24(19-11-5-2-6-12-19)29-21-14-8-7-13-20(21)27-16-18-9-3-1-4-10-18;19-13-8-4-5-9-14(13)22-17(12-6-2-1-3-7-12)15-10-18-16(20)11-21-15;19-14-8-4-5-9-15(14)21-17(13-6-2-1-3-7-13)16-12-18-10-11-20-16/h1-14,22,24H,15-17H2,(H,25,26);1-9,15,17,19H,10-11H2,(H,18,20);1-9,16-19H,10-12H2/t22?,24-;15?,17-;16?,17-/m000/s1. The first-order chi connectivity index (χ1) is 35.4. The Hall–Kier alpha value is -7.88. The number of rotatable bonds is 15. The molecule has 0 saturated carbocycles. The molecule has 372 valence electrons. The van der Waals surface area contributed by atoms with E-state index in [-0.39, 0.29) is 67.0 Å². The normalized spacial score (nSPS) is 18.6. The number of carbonyl (C=O) groups excluding carboxylic acids is 2. The largest absolute Gasteiger partial charge is 0.504 e. The summed E-state index contributed by atoms with van der Waals surface area (Å²) in [4.78, 5) is 22.8. The van der Waals surface area contributed by atoms with Crippen LogP contribution in [-0.4, -0.2) is 86.3 Å². The second-order valence-corrected chi connectivity index (χ2v) is 16.9. The van der Waals surface area contributed by atoms with E-state index in [2.05, 4.69) is 16.0 Å². The van der Waals surface area contributed by atoms with Gasteiger partial charge in [0.25, 0.3) is 0 Å². The first-order valence-electron chi connectivity index (χ1n) is 23.9. The molecule has 0 spiro atoms. The Bertz CT molecular complexity index is 2710. The highest BCUT2D eigenvalue weighted by molar-refractivity contribution is 5.78. The van der Waals surface area contributed by atoms with E-state index in [4.69, 9.17) is 33.2 Å². The van der Waals surface area contributed by atoms with Crippen molar-refractivity contribution in [2.24, 2.45) is 0 Å². The highest BCUT2D eigenvalue weighted by atomic mass is 16.6. The lowest BCUT2D eigenvalue weighted by molar-refractivity contribution is -0.138. The van der Waals surface area contributed by atoms with Crippen molar-refractivity contribution in [2.75, 3.05) is 46.0 Å². The van der Waals surface area contributed by atoms with E-state index in [0.717, 1.165) is 35.3 Å². The molecule has 5 N–H and O–H groups in total. The summed E-state index contributed by atoms with van der Waals surface area (Å²) in [5.74, 6) is 2.13. The van der Waals surface area contributed by atoms with Gasteiger partial charge in [0.05, 0.1) is 6.61 Å². The van der Waals surface area contributed by atoms with Gasteiger partial charge in [-0.05, 0) is 58.7 Å². The van der Waals surface area contributed by atoms with Gasteiger partial charge in [-0.3, -0.25) is 9.59 Å². The first-order valence-corrected chi connectivity index (χ1v) is 23.9. The van der Waals surface area contributed by atoms with Gasteiger partial charge in [0, 0.05) is 26.2 Å². The summed E-state index contributed by atoms with van der Waals surface area (Å²) >= 11 is 0. The fourth-order valence-electron chi connectivity index (χ4n) is 8.11. The lowest BCUT2D eigenvalue weighted by atomic mass is 10.0. The molecule has 7 aromatic rings. The Morgan fingerprint density at radius 1 is 0.444 bits per heavy atom. The van der Waals surface area contributed by atoms with Crippen LogP contribution in [0, 0.1) is 0 Å². The number of benzene rings is 7. The summed E-state index contributed by atoms with van der Waals surface area (Å²) in [5, 5.41) is 28.8. The molecular formula is C58H59N3O11. The van der Waals surface area contributed by atoms with Crippen LogP contribution in [0.1, 0.15) is 40.6 Å². The van der Waals surface area contributed by atoms with Crippen LogP contribution in [0.15, 0.2) is 194 Å². The first kappa shape index (κ1) is 50.5. The molecular weight excluding hydrogens is 915 g/mol. The Kier molecular flexibility index (Phi) is 18.5. The zero-order valence-electron chi connectivity index (χ0n) is 39.7. The second-order valence-electron chi connectivity index (χ2n) is 16.9. The molecule has 3 unspecified atom stereocenters. The van der Waals surface area contributed by atoms with Crippen molar-refractivity contribution in [1.29, 1.82) is 0 Å². The van der Waals surface area contributed by atoms with Crippen LogP contribution in [0.4, 0.5) is 0 Å². The lowest BCUT2D eigenvalue weighted by Crippen LogP contribution is -2.46. The predicted molar refractivity (Wildman–Crippen MR) is 271 cm³/mol. The van der Waals surface area contributed by atoms with Crippen molar-refractivity contribution in [3.05, 3.63) is 216 Å². The van der Waals surface area contributed by atoms with E-state index in [0.29, 0.717) is 49.3 Å². The van der Waals surface area contributed by atoms with E-state index >= 15 is 0 Å². The topological polar surface area (TPSA) is 175 Å². The van der Waals surface area contributed by atoms with Crippen LogP contribution in [-0.2, 0) is 30.4 Å². The third kappa shape index (κ3) is 14.6. The van der Waals surface area contributed by atoms with Gasteiger partial charge < -0.3 is 59.3 Å². The maximum absolute atomic E-state index is 11.5. The predicted octanol–water partition coefficient (Wildman–Crippen LogP) is 8.43. The zero-order chi connectivity index (χ0) is 49.7. The van der Waals surface area contributed by atoms with Gasteiger partial charge in [0.1, 0.15) is 38.1 Å². The molecule has 0 bridgehead atoms. The number of para-hydroxylation sites is 6. The van der Waals surface area contributed by atoms with Crippen LogP contribution in [0.2, 0.25) is 0 Å². The molecule has 14 nitrogen and oxygen atoms in total. The molecule has 3 heterocycles. The summed E-state index contributed by atoms with van der Waals surface area (Å²) in [6.07, 6.45) is -1.75. The highest BCUT2D eigenvalue weighted by Gasteiger charge is 2.33. The van der Waals surface area contributed by atoms with Crippen molar-refractivity contribution in [1.82, 2.24) is 16.0 Å². The van der Waals surface area contributed by atoms with Gasteiger partial charge >= 0.3 is 0 Å². The fraction of sp³-hybridized carbons (Fsp3) is 0.241. The van der Waals surface area contributed by atoms with E-state index in [1.165, 1.54) is 0 Å². The molecule has 10 rings (SSSR count). The summed E-state index contributed by atoms with van der Waals surface area (Å²) in [5.41, 5.74) is 4.02. The summed E-state index contributed by atoms with van der Waals surface area (Å²) in [7, 11) is 0. The molecule has 7 aromatic carbocycles. The number of nitrogens with one attached hydrogen (secondary N) is 3. The smallest absolute Gasteiger partial charge is 0.246 e. The van der Waals surface area contributed by atoms with Crippen LogP contribution >= 0.6 is 0 Å². The van der Waals surface area contributed by atoms with Crippen LogP contribution in [0.5, 0.6) is 34.5 Å². The van der Waals surface area contributed by atoms with E-state index < -0.39 is 6.10 Å². The lowest BCUT2D eigenvalue weighted by Gasteiger charge is -2.31. The second kappa shape index (κ2) is 26.4. The van der Waals surface area contributed by atoms with Crippen LogP contribution in [0.25, 0.3) is 0 Å². The number of aromatic hydroxyl groups is 2. The van der Waals surface area contributed by atoms with Gasteiger partial charge in [-0.1, -0.05) is 158 Å². The summed E-state index contributed by atoms with van der Waals surface area (Å²) < 4.78 is 41.7. The van der Waals surface area contributed by atoms with Crippen molar-refractivity contribution in [2.45, 2.75) is 43.2 Å². The molecule has 72 heavy (non-hydrogen) atoms. The summed E-state index contributed by atoms with van der Waals surface area (Å²) in [6, 6.07) is 60.9. The Morgan fingerprint density at radius 3 is 1.22 bits per heavy atom. The van der Waals surface area contributed by atoms with Gasteiger partial charge in [0.2, 0.25) is 11.8 Å². The van der Waals surface area contributed by atoms with Crippen LogP contribution < -0.4 is 34.9 Å². The molecule has 3 aliphatic rings. The SMILES string of the molecule is O=C1COC([C@@H](Oc2ccccc2O)c2ccccc2)CN1.O=C1COC([C@@H](Oc2ccccc2OCc2ccccc2)c2ccccc2)CN1.Oc1ccccc1O[C@@H](c1ccccc1)C1CNCCO1. The number of phenolic OH excluding ortho intramolecular Hbond substituents is 2. The third-order valence-electron chi connectivity index (χ3n) is 11.8. The number of ether oxygens (including phenoxy) is 7. The van der Waals surface area contributed by atoms with Crippen molar-refractivity contribution in [3.8, 4) is 34.5 Å². The minimum absolute atomic E-state index is 0.0120. The monoisotopic (exact) mass is 973 g/mol. The van der Waals surface area contributed by atoms with Gasteiger partial charge in [0.15, 0.2) is 52.8 Å². The molecule has 3 saturated heterocycles. The molecule has 3 fully saturated rings. The van der Waals surface area contributed by atoms with E-state index in [1.54, 1.807) is 42.5 Å². The number of phenols is 2. The molecule has 6 atom stereocenters. The van der Waals surface area contributed by atoms with Crippen molar-refractivity contribution < 1.29 is 53.0 Å². The van der Waals surface area contributed by atoms with Gasteiger partial charge in [-0.25, -0.2) is 0 Å². The molecule has 0 aromatic heterocycles. The molecule has 0 radical (unpaired) electrons. The average molecular weight is 974 g/mol.